The van der Waals surface area contributed by atoms with Gasteiger partial charge in [0.1, 0.15) is 0 Å². The van der Waals surface area contributed by atoms with Gasteiger partial charge in [-0.3, -0.25) is 4.79 Å². The Balaban J connectivity index is 1.48. The maximum Gasteiger partial charge on any atom is 0.251 e. The lowest BCUT2D eigenvalue weighted by Crippen LogP contribution is -2.47. The molecule has 3 rings (SSSR count). The summed E-state index contributed by atoms with van der Waals surface area (Å²) in [6.07, 6.45) is 1.79. The first-order chi connectivity index (χ1) is 12.1. The predicted octanol–water partition coefficient (Wildman–Crippen LogP) is 3.59. The molecule has 0 aliphatic carbocycles. The fraction of sp³-hybridized carbons (Fsp3) is 0.300. The number of likely N-dealkylation sites (tertiary alicyclic amines) is 1. The Kier molecular flexibility index (Phi) is 5.66. The van der Waals surface area contributed by atoms with Crippen LogP contribution >= 0.6 is 12.2 Å². The smallest absolute Gasteiger partial charge is 0.251 e. The van der Waals surface area contributed by atoms with E-state index in [9.17, 15) is 4.79 Å². The van der Waals surface area contributed by atoms with Crippen LogP contribution < -0.4 is 10.6 Å². The minimum Gasteiger partial charge on any atom is -0.349 e. The number of rotatable bonds is 3. The number of piperidine rings is 1. The second kappa shape index (κ2) is 8.12. The number of nitrogens with zero attached hydrogens (tertiary/aromatic N) is 1. The van der Waals surface area contributed by atoms with Crippen LogP contribution in [0.2, 0.25) is 0 Å². The van der Waals surface area contributed by atoms with E-state index < -0.39 is 0 Å². The van der Waals surface area contributed by atoms with Gasteiger partial charge in [-0.1, -0.05) is 30.3 Å². The van der Waals surface area contributed by atoms with Crippen molar-refractivity contribution >= 4 is 28.9 Å². The molecular formula is C20H23N3OS. The molecule has 2 N–H and O–H groups in total. The molecule has 0 saturated carbocycles. The number of nitrogens with one attached hydrogen (secondary N) is 2. The molecule has 1 saturated heterocycles. The summed E-state index contributed by atoms with van der Waals surface area (Å²) in [6, 6.07) is 17.7. The number of hydrogen-bond acceptors (Lipinski definition) is 2. The van der Waals surface area contributed by atoms with Gasteiger partial charge in [-0.15, -0.1) is 0 Å². The molecule has 1 fully saturated rings. The van der Waals surface area contributed by atoms with E-state index in [-0.39, 0.29) is 11.9 Å². The zero-order valence-electron chi connectivity index (χ0n) is 14.4. The highest BCUT2D eigenvalue weighted by molar-refractivity contribution is 7.80. The molecule has 1 heterocycles. The van der Waals surface area contributed by atoms with Crippen LogP contribution in [0.5, 0.6) is 0 Å². The minimum atomic E-state index is -0.000452. The van der Waals surface area contributed by atoms with Crippen molar-refractivity contribution in [3.8, 4) is 0 Å². The van der Waals surface area contributed by atoms with Gasteiger partial charge in [0, 0.05) is 30.4 Å². The number of amides is 1. The first-order valence-corrected chi connectivity index (χ1v) is 9.01. The van der Waals surface area contributed by atoms with Crippen molar-refractivity contribution in [2.45, 2.75) is 25.8 Å². The third-order valence-electron chi connectivity index (χ3n) is 4.42. The van der Waals surface area contributed by atoms with E-state index in [0.29, 0.717) is 5.56 Å². The van der Waals surface area contributed by atoms with Crippen LogP contribution in [0.4, 0.5) is 5.69 Å². The molecule has 4 nitrogen and oxygen atoms in total. The van der Waals surface area contributed by atoms with E-state index in [2.05, 4.69) is 34.6 Å². The third kappa shape index (κ3) is 4.79. The van der Waals surface area contributed by atoms with Crippen molar-refractivity contribution in [3.63, 3.8) is 0 Å². The van der Waals surface area contributed by atoms with Crippen LogP contribution in [0.3, 0.4) is 0 Å². The van der Waals surface area contributed by atoms with Crippen molar-refractivity contribution < 1.29 is 4.79 Å². The van der Waals surface area contributed by atoms with Crippen LogP contribution in [0, 0.1) is 6.92 Å². The largest absolute Gasteiger partial charge is 0.349 e. The Hall–Kier alpha value is -2.40. The number of aryl methyl sites for hydroxylation is 1. The lowest BCUT2D eigenvalue weighted by atomic mass is 10.0. The fourth-order valence-electron chi connectivity index (χ4n) is 3.01. The Labute approximate surface area is 154 Å². The van der Waals surface area contributed by atoms with E-state index >= 15 is 0 Å². The van der Waals surface area contributed by atoms with Crippen molar-refractivity contribution in [3.05, 3.63) is 65.7 Å². The summed E-state index contributed by atoms with van der Waals surface area (Å²) < 4.78 is 0. The summed E-state index contributed by atoms with van der Waals surface area (Å²) in [4.78, 5) is 14.4. The number of anilines is 1. The quantitative estimate of drug-likeness (QED) is 0.828. The molecule has 0 atom stereocenters. The molecule has 130 valence electrons. The highest BCUT2D eigenvalue weighted by Crippen LogP contribution is 2.15. The molecular weight excluding hydrogens is 330 g/mol. The second-order valence-corrected chi connectivity index (χ2v) is 6.79. The summed E-state index contributed by atoms with van der Waals surface area (Å²) in [7, 11) is 0. The lowest BCUT2D eigenvalue weighted by Gasteiger charge is -2.34. The van der Waals surface area contributed by atoms with E-state index in [0.717, 1.165) is 36.7 Å². The number of carbonyl (C=O) groups excluding carboxylic acids is 1. The summed E-state index contributed by atoms with van der Waals surface area (Å²) in [6.45, 7) is 3.75. The van der Waals surface area contributed by atoms with Gasteiger partial charge in [0.2, 0.25) is 0 Å². The Bertz CT molecular complexity index is 740. The Morgan fingerprint density at radius 1 is 1.08 bits per heavy atom. The molecule has 0 spiro atoms. The molecule has 0 unspecified atom stereocenters. The van der Waals surface area contributed by atoms with Gasteiger partial charge in [-0.2, -0.15) is 0 Å². The summed E-state index contributed by atoms with van der Waals surface area (Å²) >= 11 is 5.53. The first-order valence-electron chi connectivity index (χ1n) is 8.60. The standard InChI is InChI=1S/C20H23N3OS/c1-15-6-5-9-18(14-15)22-20(25)23-12-10-17(11-13-23)21-19(24)16-7-3-2-4-8-16/h2-9,14,17H,10-13H2,1H3,(H,21,24)(H,22,25). The van der Waals surface area contributed by atoms with Crippen molar-refractivity contribution in [2.75, 3.05) is 18.4 Å². The highest BCUT2D eigenvalue weighted by Gasteiger charge is 2.22. The van der Waals surface area contributed by atoms with Crippen LogP contribution in [0.15, 0.2) is 54.6 Å². The van der Waals surface area contributed by atoms with Gasteiger partial charge in [-0.25, -0.2) is 0 Å². The molecule has 1 aliphatic rings. The maximum atomic E-state index is 12.2. The van der Waals surface area contributed by atoms with E-state index in [1.165, 1.54) is 5.56 Å². The number of hydrogen-bond donors (Lipinski definition) is 2. The summed E-state index contributed by atoms with van der Waals surface area (Å²) in [5.74, 6) is -0.000452. The molecule has 5 heteroatoms. The number of thiocarbonyl (C=S) groups is 1. The van der Waals surface area contributed by atoms with Crippen molar-refractivity contribution in [2.24, 2.45) is 0 Å². The molecule has 2 aromatic carbocycles. The van der Waals surface area contributed by atoms with Crippen molar-refractivity contribution in [1.29, 1.82) is 0 Å². The number of benzene rings is 2. The average Bonchev–Trinajstić information content (AvgIpc) is 2.63. The SMILES string of the molecule is Cc1cccc(NC(=S)N2CCC(NC(=O)c3ccccc3)CC2)c1. The van der Waals surface area contributed by atoms with E-state index in [4.69, 9.17) is 12.2 Å². The zero-order chi connectivity index (χ0) is 17.6. The van der Waals surface area contributed by atoms with E-state index in [1.54, 1.807) is 0 Å². The molecule has 2 aromatic rings. The average molecular weight is 353 g/mol. The Morgan fingerprint density at radius 3 is 2.48 bits per heavy atom. The topological polar surface area (TPSA) is 44.4 Å². The van der Waals surface area contributed by atoms with Gasteiger partial charge in [0.05, 0.1) is 0 Å². The van der Waals surface area contributed by atoms with Gasteiger partial charge >= 0.3 is 0 Å². The number of carbonyl (C=O) groups is 1. The third-order valence-corrected chi connectivity index (χ3v) is 4.78. The summed E-state index contributed by atoms with van der Waals surface area (Å²) in [5.41, 5.74) is 2.93. The molecule has 1 aliphatic heterocycles. The molecule has 0 bridgehead atoms. The maximum absolute atomic E-state index is 12.2. The first kappa shape index (κ1) is 17.4. The van der Waals surface area contributed by atoms with Crippen LogP contribution in [0.1, 0.15) is 28.8 Å². The van der Waals surface area contributed by atoms with Gasteiger partial charge in [-0.05, 0) is 61.8 Å². The van der Waals surface area contributed by atoms with Gasteiger partial charge < -0.3 is 15.5 Å². The van der Waals surface area contributed by atoms with Crippen LogP contribution in [-0.2, 0) is 0 Å². The predicted molar refractivity (Wildman–Crippen MR) is 106 cm³/mol. The minimum absolute atomic E-state index is 0.000452. The Morgan fingerprint density at radius 2 is 1.80 bits per heavy atom. The van der Waals surface area contributed by atoms with Crippen LogP contribution in [0.25, 0.3) is 0 Å². The molecule has 1 amide bonds. The monoisotopic (exact) mass is 353 g/mol. The summed E-state index contributed by atoms with van der Waals surface area (Å²) in [5, 5.41) is 7.17. The molecule has 25 heavy (non-hydrogen) atoms. The normalized spacial score (nSPS) is 14.8. The second-order valence-electron chi connectivity index (χ2n) is 6.40. The van der Waals surface area contributed by atoms with Crippen molar-refractivity contribution in [1.82, 2.24) is 10.2 Å². The fourth-order valence-corrected chi connectivity index (χ4v) is 3.31. The highest BCUT2D eigenvalue weighted by atomic mass is 32.1. The van der Waals surface area contributed by atoms with E-state index in [1.807, 2.05) is 42.5 Å². The van der Waals surface area contributed by atoms with Crippen LogP contribution in [-0.4, -0.2) is 35.1 Å². The molecule has 0 radical (unpaired) electrons. The molecule has 0 aromatic heterocycles. The van der Waals surface area contributed by atoms with Gasteiger partial charge in [0.15, 0.2) is 5.11 Å². The van der Waals surface area contributed by atoms with Gasteiger partial charge in [0.25, 0.3) is 5.91 Å². The zero-order valence-corrected chi connectivity index (χ0v) is 15.2. The lowest BCUT2D eigenvalue weighted by molar-refractivity contribution is 0.0922.